The SMILES string of the molecule is NC1C(=O)CC1O. The number of aliphatic hydroxyl groups excluding tert-OH is 1. The van der Waals surface area contributed by atoms with Crippen LogP contribution in [0.4, 0.5) is 0 Å². The van der Waals surface area contributed by atoms with Crippen molar-refractivity contribution < 1.29 is 9.90 Å². The highest BCUT2D eigenvalue weighted by molar-refractivity contribution is 5.91. The third-order valence-electron chi connectivity index (χ3n) is 1.20. The van der Waals surface area contributed by atoms with Crippen LogP contribution in [0.15, 0.2) is 0 Å². The Kier molecular flexibility index (Phi) is 0.867. The van der Waals surface area contributed by atoms with E-state index in [2.05, 4.69) is 0 Å². The molecule has 0 aromatic heterocycles. The van der Waals surface area contributed by atoms with E-state index >= 15 is 0 Å². The summed E-state index contributed by atoms with van der Waals surface area (Å²) in [5, 5.41) is 8.54. The molecule has 3 nitrogen and oxygen atoms in total. The van der Waals surface area contributed by atoms with Gasteiger partial charge in [-0.1, -0.05) is 0 Å². The first-order valence-corrected chi connectivity index (χ1v) is 2.18. The van der Waals surface area contributed by atoms with Gasteiger partial charge in [-0.05, 0) is 0 Å². The largest absolute Gasteiger partial charge is 0.391 e. The standard InChI is InChI=1S/C4H7NO2/c5-4-2(6)1-3(4)7/h2,4,6H,1,5H2. The summed E-state index contributed by atoms with van der Waals surface area (Å²) in [5.41, 5.74) is 5.07. The lowest BCUT2D eigenvalue weighted by Crippen LogP contribution is -2.53. The second-order valence-electron chi connectivity index (χ2n) is 1.76. The number of nitrogens with two attached hydrogens (primary N) is 1. The van der Waals surface area contributed by atoms with Crippen molar-refractivity contribution in [2.24, 2.45) is 5.73 Å². The van der Waals surface area contributed by atoms with E-state index in [-0.39, 0.29) is 12.2 Å². The van der Waals surface area contributed by atoms with Gasteiger partial charge in [0.2, 0.25) is 0 Å². The van der Waals surface area contributed by atoms with Crippen molar-refractivity contribution in [1.82, 2.24) is 0 Å². The van der Waals surface area contributed by atoms with Gasteiger partial charge in [-0.2, -0.15) is 0 Å². The minimum absolute atomic E-state index is 0.0347. The predicted octanol–water partition coefficient (Wildman–Crippen LogP) is -1.35. The molecule has 0 bridgehead atoms. The lowest BCUT2D eigenvalue weighted by Gasteiger charge is -2.26. The molecule has 1 aliphatic carbocycles. The van der Waals surface area contributed by atoms with Crippen LogP contribution < -0.4 is 5.73 Å². The van der Waals surface area contributed by atoms with Crippen molar-refractivity contribution in [1.29, 1.82) is 0 Å². The zero-order valence-electron chi connectivity index (χ0n) is 3.79. The maximum absolute atomic E-state index is 10.2. The molecular weight excluding hydrogens is 94.0 g/mol. The van der Waals surface area contributed by atoms with Crippen molar-refractivity contribution in [3.05, 3.63) is 0 Å². The highest BCUT2D eigenvalue weighted by atomic mass is 16.3. The van der Waals surface area contributed by atoms with E-state index in [1.54, 1.807) is 0 Å². The van der Waals surface area contributed by atoms with E-state index in [1.807, 2.05) is 0 Å². The van der Waals surface area contributed by atoms with Gasteiger partial charge in [-0.3, -0.25) is 4.79 Å². The van der Waals surface area contributed by atoms with Gasteiger partial charge in [0.1, 0.15) is 0 Å². The highest BCUT2D eigenvalue weighted by Crippen LogP contribution is 2.11. The molecule has 1 saturated carbocycles. The molecule has 0 aromatic carbocycles. The van der Waals surface area contributed by atoms with E-state index in [1.165, 1.54) is 0 Å². The van der Waals surface area contributed by atoms with Crippen molar-refractivity contribution in [3.8, 4) is 0 Å². The smallest absolute Gasteiger partial charge is 0.154 e. The van der Waals surface area contributed by atoms with Crippen LogP contribution in [-0.2, 0) is 4.79 Å². The van der Waals surface area contributed by atoms with E-state index in [4.69, 9.17) is 10.8 Å². The molecule has 1 fully saturated rings. The maximum Gasteiger partial charge on any atom is 0.154 e. The van der Waals surface area contributed by atoms with Crippen LogP contribution in [0.3, 0.4) is 0 Å². The number of aliphatic hydroxyl groups is 1. The molecule has 0 radical (unpaired) electrons. The third-order valence-corrected chi connectivity index (χ3v) is 1.20. The predicted molar refractivity (Wildman–Crippen MR) is 23.6 cm³/mol. The first kappa shape index (κ1) is 4.74. The van der Waals surface area contributed by atoms with Crippen LogP contribution in [0.2, 0.25) is 0 Å². The lowest BCUT2D eigenvalue weighted by atomic mass is 9.89. The normalized spacial score (nSPS) is 40.6. The summed E-state index contributed by atoms with van der Waals surface area (Å²) in [7, 11) is 0. The molecule has 1 aliphatic rings. The number of hydrogen-bond acceptors (Lipinski definition) is 3. The number of carbonyl (C=O) groups excluding carboxylic acids is 1. The Morgan fingerprint density at radius 2 is 2.43 bits per heavy atom. The van der Waals surface area contributed by atoms with Crippen molar-refractivity contribution in [2.45, 2.75) is 18.6 Å². The van der Waals surface area contributed by atoms with E-state index in [0.29, 0.717) is 0 Å². The van der Waals surface area contributed by atoms with Gasteiger partial charge >= 0.3 is 0 Å². The zero-order chi connectivity index (χ0) is 5.44. The zero-order valence-corrected chi connectivity index (χ0v) is 3.79. The Labute approximate surface area is 41.1 Å². The summed E-state index contributed by atoms with van der Waals surface area (Å²) in [5.74, 6) is -0.0347. The minimum atomic E-state index is -0.583. The van der Waals surface area contributed by atoms with Gasteiger partial charge in [-0.15, -0.1) is 0 Å². The highest BCUT2D eigenvalue weighted by Gasteiger charge is 2.34. The van der Waals surface area contributed by atoms with E-state index in [0.717, 1.165) is 0 Å². The van der Waals surface area contributed by atoms with Crippen molar-refractivity contribution in [3.63, 3.8) is 0 Å². The monoisotopic (exact) mass is 101 g/mol. The average Bonchev–Trinajstić information content (AvgIpc) is 1.68. The Bertz CT molecular complexity index is 102. The molecule has 40 valence electrons. The second kappa shape index (κ2) is 1.28. The molecule has 0 aliphatic heterocycles. The Morgan fingerprint density at radius 1 is 1.86 bits per heavy atom. The number of hydrogen-bond donors (Lipinski definition) is 2. The van der Waals surface area contributed by atoms with Crippen LogP contribution in [-0.4, -0.2) is 23.0 Å². The summed E-state index contributed by atoms with van der Waals surface area (Å²) in [4.78, 5) is 10.2. The minimum Gasteiger partial charge on any atom is -0.391 e. The molecule has 1 rings (SSSR count). The molecule has 7 heavy (non-hydrogen) atoms. The Morgan fingerprint density at radius 3 is 2.43 bits per heavy atom. The number of rotatable bonds is 0. The summed E-state index contributed by atoms with van der Waals surface area (Å²) in [6.07, 6.45) is -0.311. The molecule has 0 heterocycles. The van der Waals surface area contributed by atoms with Gasteiger partial charge in [0.25, 0.3) is 0 Å². The fourth-order valence-corrected chi connectivity index (χ4v) is 0.523. The number of Topliss-reactive ketones (excluding diaryl/α,β-unsaturated/α-hetero) is 1. The topological polar surface area (TPSA) is 63.3 Å². The number of carbonyl (C=O) groups is 1. The first-order valence-electron chi connectivity index (χ1n) is 2.18. The van der Waals surface area contributed by atoms with Gasteiger partial charge in [0.15, 0.2) is 5.78 Å². The van der Waals surface area contributed by atoms with Crippen molar-refractivity contribution in [2.75, 3.05) is 0 Å². The van der Waals surface area contributed by atoms with Gasteiger partial charge in [0.05, 0.1) is 12.1 Å². The van der Waals surface area contributed by atoms with E-state index < -0.39 is 12.1 Å². The number of ketones is 1. The fraction of sp³-hybridized carbons (Fsp3) is 0.750. The third kappa shape index (κ3) is 0.536. The summed E-state index contributed by atoms with van der Waals surface area (Å²) >= 11 is 0. The van der Waals surface area contributed by atoms with Gasteiger partial charge in [0, 0.05) is 6.42 Å². The first-order chi connectivity index (χ1) is 3.22. The Balaban J connectivity index is 2.43. The molecule has 0 amide bonds. The molecule has 0 aromatic rings. The fourth-order valence-electron chi connectivity index (χ4n) is 0.523. The van der Waals surface area contributed by atoms with Crippen molar-refractivity contribution >= 4 is 5.78 Å². The second-order valence-corrected chi connectivity index (χ2v) is 1.76. The molecule has 2 unspecified atom stereocenters. The average molecular weight is 101 g/mol. The quantitative estimate of drug-likeness (QED) is 0.396. The van der Waals surface area contributed by atoms with Crippen LogP contribution in [0.25, 0.3) is 0 Å². The maximum atomic E-state index is 10.2. The molecule has 3 N–H and O–H groups in total. The van der Waals surface area contributed by atoms with E-state index in [9.17, 15) is 4.79 Å². The Hall–Kier alpha value is -0.410. The van der Waals surface area contributed by atoms with Crippen LogP contribution >= 0.6 is 0 Å². The summed E-state index contributed by atoms with van der Waals surface area (Å²) < 4.78 is 0. The summed E-state index contributed by atoms with van der Waals surface area (Å²) in [6, 6.07) is -0.583. The van der Waals surface area contributed by atoms with Crippen LogP contribution in [0, 0.1) is 0 Å². The summed E-state index contributed by atoms with van der Waals surface area (Å²) in [6.45, 7) is 0. The molecule has 3 heteroatoms. The lowest BCUT2D eigenvalue weighted by molar-refractivity contribution is -0.133. The molecular formula is C4H7NO2. The molecule has 0 spiro atoms. The molecule has 2 atom stereocenters. The van der Waals surface area contributed by atoms with Gasteiger partial charge < -0.3 is 10.8 Å². The molecule has 0 saturated heterocycles. The van der Waals surface area contributed by atoms with Crippen LogP contribution in [0.5, 0.6) is 0 Å². The van der Waals surface area contributed by atoms with Gasteiger partial charge in [-0.25, -0.2) is 0 Å². The van der Waals surface area contributed by atoms with Crippen LogP contribution in [0.1, 0.15) is 6.42 Å².